The molecule has 1 N–H and O–H groups in total. The van der Waals surface area contributed by atoms with Crippen LogP contribution < -0.4 is 14.8 Å². The highest BCUT2D eigenvalue weighted by Crippen LogP contribution is 2.32. The Labute approximate surface area is 184 Å². The van der Waals surface area contributed by atoms with Crippen LogP contribution in [0.3, 0.4) is 0 Å². The van der Waals surface area contributed by atoms with Gasteiger partial charge in [-0.3, -0.25) is 19.8 Å². The molecule has 2 fully saturated rings. The summed E-state index contributed by atoms with van der Waals surface area (Å²) < 4.78 is 11.2. The third-order valence-corrected chi connectivity index (χ3v) is 5.43. The van der Waals surface area contributed by atoms with Crippen LogP contribution in [0.2, 0.25) is 0 Å². The highest BCUT2D eigenvalue weighted by atomic mass is 32.1. The van der Waals surface area contributed by atoms with Crippen LogP contribution in [0.4, 0.5) is 5.69 Å². The van der Waals surface area contributed by atoms with Crippen LogP contribution in [0.1, 0.15) is 29.5 Å². The third-order valence-electron chi connectivity index (χ3n) is 5.13. The number of hydrogen-bond donors (Lipinski definition) is 1. The molecule has 1 heterocycles. The Morgan fingerprint density at radius 3 is 2.71 bits per heavy atom. The molecule has 1 aliphatic heterocycles. The fraction of sp³-hybridized carbons (Fsp3) is 0.273. The molecule has 0 aromatic heterocycles. The molecular weight excluding hydrogens is 418 g/mol. The van der Waals surface area contributed by atoms with Gasteiger partial charge in [0.2, 0.25) is 0 Å². The van der Waals surface area contributed by atoms with Crippen molar-refractivity contribution in [3.8, 4) is 11.5 Å². The lowest BCUT2D eigenvalue weighted by molar-refractivity contribution is -0.386. The maximum atomic E-state index is 12.6. The molecule has 0 unspecified atom stereocenters. The third kappa shape index (κ3) is 4.36. The van der Waals surface area contributed by atoms with Gasteiger partial charge in [0, 0.05) is 17.7 Å². The minimum Gasteiger partial charge on any atom is -0.496 e. The second-order valence-corrected chi connectivity index (χ2v) is 7.87. The van der Waals surface area contributed by atoms with Crippen LogP contribution >= 0.6 is 12.2 Å². The standard InChI is InChI=1S/C22H21N3O5S/c1-13-3-7-18(25(27)28)20(9-13)30-12-15-10-14(4-8-19(15)29-2)11-17-21(26)24(16-5-6-16)22(31)23-17/h3-4,7-11,16H,5-6,12H2,1-2H3,(H,23,31)/b17-11+. The summed E-state index contributed by atoms with van der Waals surface area (Å²) in [4.78, 5) is 25.1. The number of ether oxygens (including phenoxy) is 2. The molecule has 1 saturated heterocycles. The zero-order valence-electron chi connectivity index (χ0n) is 17.1. The number of carbonyl (C=O) groups is 1. The van der Waals surface area contributed by atoms with Crippen LogP contribution in [0.25, 0.3) is 6.08 Å². The van der Waals surface area contributed by atoms with Gasteiger partial charge in [-0.2, -0.15) is 0 Å². The summed E-state index contributed by atoms with van der Waals surface area (Å²) >= 11 is 5.29. The van der Waals surface area contributed by atoms with Gasteiger partial charge in [0.1, 0.15) is 18.1 Å². The van der Waals surface area contributed by atoms with E-state index < -0.39 is 4.92 Å². The minimum absolute atomic E-state index is 0.0679. The largest absolute Gasteiger partial charge is 0.496 e. The molecule has 160 valence electrons. The first-order valence-electron chi connectivity index (χ1n) is 9.78. The Morgan fingerprint density at radius 2 is 2.03 bits per heavy atom. The fourth-order valence-corrected chi connectivity index (χ4v) is 3.77. The molecule has 1 amide bonds. The van der Waals surface area contributed by atoms with Crippen LogP contribution in [0, 0.1) is 17.0 Å². The highest BCUT2D eigenvalue weighted by molar-refractivity contribution is 7.80. The van der Waals surface area contributed by atoms with E-state index in [1.807, 2.05) is 19.1 Å². The molecule has 0 radical (unpaired) electrons. The van der Waals surface area contributed by atoms with E-state index in [1.165, 1.54) is 6.07 Å². The molecule has 0 bridgehead atoms. The maximum Gasteiger partial charge on any atom is 0.310 e. The van der Waals surface area contributed by atoms with Crippen molar-refractivity contribution in [3.63, 3.8) is 0 Å². The van der Waals surface area contributed by atoms with Gasteiger partial charge in [-0.1, -0.05) is 12.1 Å². The predicted molar refractivity (Wildman–Crippen MR) is 119 cm³/mol. The Balaban J connectivity index is 1.58. The van der Waals surface area contributed by atoms with Crippen LogP contribution in [-0.4, -0.2) is 34.0 Å². The molecule has 8 nitrogen and oxygen atoms in total. The molecule has 2 aliphatic rings. The highest BCUT2D eigenvalue weighted by Gasteiger charge is 2.41. The number of benzene rings is 2. The van der Waals surface area contributed by atoms with E-state index >= 15 is 0 Å². The molecule has 0 spiro atoms. The number of aryl methyl sites for hydroxylation is 1. The summed E-state index contributed by atoms with van der Waals surface area (Å²) in [6, 6.07) is 10.3. The van der Waals surface area contributed by atoms with Crippen LogP contribution in [0.15, 0.2) is 42.1 Å². The van der Waals surface area contributed by atoms with Crippen molar-refractivity contribution in [1.82, 2.24) is 10.2 Å². The van der Waals surface area contributed by atoms with E-state index in [0.717, 1.165) is 24.0 Å². The molecule has 2 aromatic carbocycles. The summed E-state index contributed by atoms with van der Waals surface area (Å²) in [5, 5.41) is 14.7. The summed E-state index contributed by atoms with van der Waals surface area (Å²) in [7, 11) is 1.54. The van der Waals surface area contributed by atoms with Crippen molar-refractivity contribution in [1.29, 1.82) is 0 Å². The van der Waals surface area contributed by atoms with Crippen LogP contribution in [0.5, 0.6) is 11.5 Å². The quantitative estimate of drug-likeness (QED) is 0.304. The Kier molecular flexibility index (Phi) is 5.60. The monoisotopic (exact) mass is 439 g/mol. The number of hydrogen-bond acceptors (Lipinski definition) is 6. The lowest BCUT2D eigenvalue weighted by atomic mass is 10.1. The Hall–Kier alpha value is -3.46. The van der Waals surface area contributed by atoms with Crippen molar-refractivity contribution in [2.24, 2.45) is 0 Å². The van der Waals surface area contributed by atoms with Gasteiger partial charge in [-0.05, 0) is 67.4 Å². The number of nitro benzene ring substituents is 1. The smallest absolute Gasteiger partial charge is 0.310 e. The SMILES string of the molecule is COc1ccc(/C=C2/NC(=S)N(C3CC3)C2=O)cc1COc1cc(C)ccc1[N+](=O)[O-]. The number of carbonyl (C=O) groups excluding carboxylic acids is 1. The minimum atomic E-state index is -0.473. The average Bonchev–Trinajstić information content (AvgIpc) is 3.52. The van der Waals surface area contributed by atoms with E-state index in [2.05, 4.69) is 5.32 Å². The summed E-state index contributed by atoms with van der Waals surface area (Å²) in [6.45, 7) is 1.91. The first-order valence-corrected chi connectivity index (χ1v) is 10.2. The Bertz CT molecular complexity index is 1110. The maximum absolute atomic E-state index is 12.6. The van der Waals surface area contributed by atoms with Gasteiger partial charge in [-0.25, -0.2) is 0 Å². The van der Waals surface area contributed by atoms with Crippen LogP contribution in [-0.2, 0) is 11.4 Å². The molecule has 2 aromatic rings. The summed E-state index contributed by atoms with van der Waals surface area (Å²) in [6.07, 6.45) is 3.67. The summed E-state index contributed by atoms with van der Waals surface area (Å²) in [5.74, 6) is 0.642. The average molecular weight is 439 g/mol. The number of rotatable bonds is 7. The van der Waals surface area contributed by atoms with Gasteiger partial charge in [0.05, 0.1) is 12.0 Å². The number of methoxy groups -OCH3 is 1. The van der Waals surface area contributed by atoms with Gasteiger partial charge in [0.25, 0.3) is 5.91 Å². The molecule has 4 rings (SSSR count). The van der Waals surface area contributed by atoms with Crippen molar-refractivity contribution >= 4 is 35.0 Å². The van der Waals surface area contributed by atoms with Crippen molar-refractivity contribution < 1.29 is 19.2 Å². The van der Waals surface area contributed by atoms with E-state index in [1.54, 1.807) is 36.3 Å². The van der Waals surface area contributed by atoms with Crippen molar-refractivity contribution in [2.75, 3.05) is 7.11 Å². The second kappa shape index (κ2) is 8.35. The zero-order chi connectivity index (χ0) is 22.1. The van der Waals surface area contributed by atoms with Gasteiger partial charge < -0.3 is 14.8 Å². The molecule has 1 aliphatic carbocycles. The number of nitrogens with one attached hydrogen (secondary N) is 1. The first kappa shape index (κ1) is 20.8. The Morgan fingerprint density at radius 1 is 1.26 bits per heavy atom. The number of thiocarbonyl (C=S) groups is 1. The van der Waals surface area contributed by atoms with E-state index in [-0.39, 0.29) is 30.0 Å². The molecule has 0 atom stereocenters. The van der Waals surface area contributed by atoms with E-state index in [4.69, 9.17) is 21.7 Å². The van der Waals surface area contributed by atoms with Gasteiger partial charge in [0.15, 0.2) is 10.9 Å². The summed E-state index contributed by atoms with van der Waals surface area (Å²) in [5.41, 5.74) is 2.63. The molecule has 9 heteroatoms. The van der Waals surface area contributed by atoms with Crippen molar-refractivity contribution in [2.45, 2.75) is 32.4 Å². The second-order valence-electron chi connectivity index (χ2n) is 7.48. The number of nitrogens with zero attached hydrogens (tertiary/aromatic N) is 2. The normalized spacial score (nSPS) is 17.1. The predicted octanol–water partition coefficient (Wildman–Crippen LogP) is 3.71. The number of nitro groups is 1. The van der Waals surface area contributed by atoms with Crippen molar-refractivity contribution in [3.05, 3.63) is 68.9 Å². The number of amides is 1. The van der Waals surface area contributed by atoms with E-state index in [9.17, 15) is 14.9 Å². The van der Waals surface area contributed by atoms with Gasteiger partial charge in [-0.15, -0.1) is 0 Å². The zero-order valence-corrected chi connectivity index (χ0v) is 17.9. The fourth-order valence-electron chi connectivity index (χ4n) is 3.42. The molecule has 1 saturated carbocycles. The molecule has 31 heavy (non-hydrogen) atoms. The lowest BCUT2D eigenvalue weighted by Gasteiger charge is -2.12. The lowest BCUT2D eigenvalue weighted by Crippen LogP contribution is -2.32. The molecular formula is C22H21N3O5S. The van der Waals surface area contributed by atoms with Gasteiger partial charge >= 0.3 is 5.69 Å². The topological polar surface area (TPSA) is 93.9 Å². The van der Waals surface area contributed by atoms with E-state index in [0.29, 0.717) is 22.1 Å². The first-order chi connectivity index (χ1) is 14.9.